The second-order valence-electron chi connectivity index (χ2n) is 5.32. The number of hydrogen-bond acceptors (Lipinski definition) is 4. The van der Waals surface area contributed by atoms with Gasteiger partial charge in [0, 0.05) is 18.7 Å². The van der Waals surface area contributed by atoms with Crippen molar-refractivity contribution in [2.24, 2.45) is 5.73 Å². The SMILES string of the molecule is C=CCN(Cc1ccc(C(N)=O)cc1)S(=O)(=O)c1ccc(OC)cc1. The van der Waals surface area contributed by atoms with Crippen molar-refractivity contribution in [3.63, 3.8) is 0 Å². The summed E-state index contributed by atoms with van der Waals surface area (Å²) in [7, 11) is -2.18. The zero-order valence-corrected chi connectivity index (χ0v) is 14.7. The van der Waals surface area contributed by atoms with Crippen LogP contribution in [-0.4, -0.2) is 32.3 Å². The van der Waals surface area contributed by atoms with Crippen molar-refractivity contribution in [3.8, 4) is 5.75 Å². The van der Waals surface area contributed by atoms with E-state index in [0.29, 0.717) is 11.3 Å². The predicted molar refractivity (Wildman–Crippen MR) is 95.7 cm³/mol. The molecule has 0 unspecified atom stereocenters. The van der Waals surface area contributed by atoms with E-state index < -0.39 is 15.9 Å². The molecule has 0 spiro atoms. The summed E-state index contributed by atoms with van der Waals surface area (Å²) in [6.45, 7) is 3.94. The molecule has 7 heteroatoms. The van der Waals surface area contributed by atoms with Crippen LogP contribution in [0.3, 0.4) is 0 Å². The molecule has 0 saturated carbocycles. The Bertz CT molecular complexity index is 844. The van der Waals surface area contributed by atoms with Gasteiger partial charge >= 0.3 is 0 Å². The lowest BCUT2D eigenvalue weighted by Crippen LogP contribution is -2.30. The largest absolute Gasteiger partial charge is 0.497 e. The van der Waals surface area contributed by atoms with Crippen LogP contribution in [0.5, 0.6) is 5.75 Å². The summed E-state index contributed by atoms with van der Waals surface area (Å²) >= 11 is 0. The molecule has 2 aromatic rings. The van der Waals surface area contributed by atoms with Crippen LogP contribution in [0.1, 0.15) is 15.9 Å². The van der Waals surface area contributed by atoms with Gasteiger partial charge in [-0.15, -0.1) is 6.58 Å². The molecule has 0 fully saturated rings. The minimum Gasteiger partial charge on any atom is -0.497 e. The first-order chi connectivity index (χ1) is 11.9. The number of nitrogens with two attached hydrogens (primary N) is 1. The quantitative estimate of drug-likeness (QED) is 0.731. The van der Waals surface area contributed by atoms with Crippen molar-refractivity contribution < 1.29 is 17.9 Å². The second-order valence-corrected chi connectivity index (χ2v) is 7.26. The number of carbonyl (C=O) groups is 1. The first-order valence-corrected chi connectivity index (χ1v) is 8.96. The fourth-order valence-electron chi connectivity index (χ4n) is 2.27. The van der Waals surface area contributed by atoms with Crippen LogP contribution in [0.25, 0.3) is 0 Å². The number of methoxy groups -OCH3 is 1. The molecule has 0 heterocycles. The molecule has 0 aliphatic rings. The van der Waals surface area contributed by atoms with Crippen molar-refractivity contribution in [1.82, 2.24) is 4.31 Å². The number of amides is 1. The topological polar surface area (TPSA) is 89.7 Å². The number of rotatable bonds is 8. The molecule has 0 atom stereocenters. The van der Waals surface area contributed by atoms with Crippen LogP contribution in [-0.2, 0) is 16.6 Å². The van der Waals surface area contributed by atoms with Gasteiger partial charge in [-0.25, -0.2) is 8.42 Å². The summed E-state index contributed by atoms with van der Waals surface area (Å²) < 4.78 is 32.1. The van der Waals surface area contributed by atoms with Crippen LogP contribution >= 0.6 is 0 Å². The molecular weight excluding hydrogens is 340 g/mol. The van der Waals surface area contributed by atoms with Crippen molar-refractivity contribution in [3.05, 3.63) is 72.3 Å². The third-order valence-electron chi connectivity index (χ3n) is 3.63. The zero-order valence-electron chi connectivity index (χ0n) is 13.9. The molecule has 0 aliphatic carbocycles. The Morgan fingerprint density at radius 1 is 1.16 bits per heavy atom. The fraction of sp³-hybridized carbons (Fsp3) is 0.167. The molecule has 1 amide bonds. The van der Waals surface area contributed by atoms with E-state index in [-0.39, 0.29) is 18.0 Å². The monoisotopic (exact) mass is 360 g/mol. The molecular formula is C18H20N2O4S. The lowest BCUT2D eigenvalue weighted by Gasteiger charge is -2.21. The summed E-state index contributed by atoms with van der Waals surface area (Å²) in [5.74, 6) is 0.0524. The minimum absolute atomic E-state index is 0.152. The molecule has 0 aliphatic heterocycles. The average Bonchev–Trinajstić information content (AvgIpc) is 2.61. The Balaban J connectivity index is 2.28. The van der Waals surface area contributed by atoms with Crippen molar-refractivity contribution in [1.29, 1.82) is 0 Å². The molecule has 0 aromatic heterocycles. The number of nitrogens with zero attached hydrogens (tertiary/aromatic N) is 1. The molecule has 0 radical (unpaired) electrons. The van der Waals surface area contributed by atoms with Gasteiger partial charge in [0.25, 0.3) is 0 Å². The molecule has 2 aromatic carbocycles. The maximum atomic E-state index is 12.9. The number of primary amides is 1. The average molecular weight is 360 g/mol. The maximum Gasteiger partial charge on any atom is 0.248 e. The van der Waals surface area contributed by atoms with Gasteiger partial charge in [0.2, 0.25) is 15.9 Å². The zero-order chi connectivity index (χ0) is 18.4. The first-order valence-electron chi connectivity index (χ1n) is 7.52. The van der Waals surface area contributed by atoms with Crippen molar-refractivity contribution >= 4 is 15.9 Å². The van der Waals surface area contributed by atoms with Gasteiger partial charge in [0.15, 0.2) is 0 Å². The highest BCUT2D eigenvalue weighted by Crippen LogP contribution is 2.21. The van der Waals surface area contributed by atoms with Crippen LogP contribution in [0, 0.1) is 0 Å². The van der Waals surface area contributed by atoms with Gasteiger partial charge in [-0.3, -0.25) is 4.79 Å². The van der Waals surface area contributed by atoms with Gasteiger partial charge in [0.1, 0.15) is 5.75 Å². The summed E-state index contributed by atoms with van der Waals surface area (Å²) in [6.07, 6.45) is 1.53. The van der Waals surface area contributed by atoms with Crippen LogP contribution in [0.15, 0.2) is 66.1 Å². The summed E-state index contributed by atoms with van der Waals surface area (Å²) in [4.78, 5) is 11.3. The predicted octanol–water partition coefficient (Wildman–Crippen LogP) is 2.17. The van der Waals surface area contributed by atoms with Crippen molar-refractivity contribution in [2.45, 2.75) is 11.4 Å². The Morgan fingerprint density at radius 3 is 2.24 bits per heavy atom. The van der Waals surface area contributed by atoms with Crippen LogP contribution < -0.4 is 10.5 Å². The highest BCUT2D eigenvalue weighted by atomic mass is 32.2. The highest BCUT2D eigenvalue weighted by molar-refractivity contribution is 7.89. The number of carbonyl (C=O) groups excluding carboxylic acids is 1. The molecule has 0 bridgehead atoms. The van der Waals surface area contributed by atoms with E-state index in [1.54, 1.807) is 36.4 Å². The normalized spacial score (nSPS) is 11.3. The van der Waals surface area contributed by atoms with Crippen LogP contribution in [0.4, 0.5) is 0 Å². The van der Waals surface area contributed by atoms with E-state index in [9.17, 15) is 13.2 Å². The van der Waals surface area contributed by atoms with Crippen molar-refractivity contribution in [2.75, 3.05) is 13.7 Å². The Hall–Kier alpha value is -2.64. The van der Waals surface area contributed by atoms with E-state index >= 15 is 0 Å². The first kappa shape index (κ1) is 18.7. The summed E-state index contributed by atoms with van der Waals surface area (Å²) in [6, 6.07) is 12.7. The molecule has 0 saturated heterocycles. The smallest absolute Gasteiger partial charge is 0.248 e. The van der Waals surface area contributed by atoms with Gasteiger partial charge < -0.3 is 10.5 Å². The maximum absolute atomic E-state index is 12.9. The van der Waals surface area contributed by atoms with Gasteiger partial charge in [0.05, 0.1) is 12.0 Å². The van der Waals surface area contributed by atoms with Gasteiger partial charge in [-0.1, -0.05) is 18.2 Å². The molecule has 25 heavy (non-hydrogen) atoms. The standard InChI is InChI=1S/C18H20N2O4S/c1-3-12-20(13-14-4-6-15(7-5-14)18(19)21)25(22,23)17-10-8-16(24-2)9-11-17/h3-11H,1,12-13H2,2H3,(H2,19,21). The molecule has 2 N–H and O–H groups in total. The van der Waals surface area contributed by atoms with E-state index in [0.717, 1.165) is 5.56 Å². The number of benzene rings is 2. The summed E-state index contributed by atoms with van der Waals surface area (Å²) in [5.41, 5.74) is 6.32. The minimum atomic E-state index is -3.70. The summed E-state index contributed by atoms with van der Waals surface area (Å²) in [5, 5.41) is 0. The number of sulfonamides is 1. The van der Waals surface area contributed by atoms with Gasteiger partial charge in [-0.2, -0.15) is 4.31 Å². The Labute approximate surface area is 147 Å². The molecule has 6 nitrogen and oxygen atoms in total. The van der Waals surface area contributed by atoms with Gasteiger partial charge in [-0.05, 0) is 42.0 Å². The second kappa shape index (κ2) is 7.96. The Morgan fingerprint density at radius 2 is 1.76 bits per heavy atom. The lowest BCUT2D eigenvalue weighted by atomic mass is 10.1. The third kappa shape index (κ3) is 4.46. The van der Waals surface area contributed by atoms with E-state index in [4.69, 9.17) is 10.5 Å². The van der Waals surface area contributed by atoms with E-state index in [2.05, 4.69) is 6.58 Å². The number of hydrogen-bond donors (Lipinski definition) is 1. The van der Waals surface area contributed by atoms with E-state index in [1.807, 2.05) is 0 Å². The lowest BCUT2D eigenvalue weighted by molar-refractivity contribution is 0.1000. The van der Waals surface area contributed by atoms with E-state index in [1.165, 1.54) is 29.6 Å². The Kier molecular flexibility index (Phi) is 5.95. The molecule has 2 rings (SSSR count). The highest BCUT2D eigenvalue weighted by Gasteiger charge is 2.23. The van der Waals surface area contributed by atoms with Crippen LogP contribution in [0.2, 0.25) is 0 Å². The third-order valence-corrected chi connectivity index (χ3v) is 5.45. The fourth-order valence-corrected chi connectivity index (χ4v) is 3.67. The number of ether oxygens (including phenoxy) is 1. The molecule has 132 valence electrons.